The largest absolute Gasteiger partial charge is 0.433 e. The Balaban J connectivity index is 1.68. The molecule has 0 saturated carbocycles. The molecule has 0 aliphatic carbocycles. The molecule has 134 valence electrons. The molecule has 3 heterocycles. The summed E-state index contributed by atoms with van der Waals surface area (Å²) in [5, 5.41) is 0. The molecule has 1 saturated heterocycles. The second-order valence-corrected chi connectivity index (χ2v) is 6.08. The van der Waals surface area contributed by atoms with Gasteiger partial charge in [-0.3, -0.25) is 14.9 Å². The molecule has 0 N–H and O–H groups in total. The Hall–Kier alpha value is -2.29. The maximum Gasteiger partial charge on any atom is 0.433 e. The summed E-state index contributed by atoms with van der Waals surface area (Å²) in [4.78, 5) is 20.0. The molecule has 1 aliphatic heterocycles. The number of hydrogen-bond donors (Lipinski definition) is 0. The summed E-state index contributed by atoms with van der Waals surface area (Å²) in [5.41, 5.74) is -0.0438. The first kappa shape index (κ1) is 17.5. The number of rotatable bonds is 4. The van der Waals surface area contributed by atoms with Crippen molar-refractivity contribution in [2.24, 2.45) is 0 Å². The minimum absolute atomic E-state index is 0.0499. The van der Waals surface area contributed by atoms with Gasteiger partial charge in [0.15, 0.2) is 0 Å². The van der Waals surface area contributed by atoms with Crippen molar-refractivity contribution in [1.29, 1.82) is 0 Å². The van der Waals surface area contributed by atoms with Crippen molar-refractivity contribution in [3.05, 3.63) is 42.2 Å². The fourth-order valence-electron chi connectivity index (χ4n) is 2.97. The average Bonchev–Trinajstić information content (AvgIpc) is 2.61. The molecular weight excluding hydrogens is 333 g/mol. The van der Waals surface area contributed by atoms with Gasteiger partial charge in [-0.05, 0) is 25.5 Å². The third-order valence-corrected chi connectivity index (χ3v) is 4.28. The first-order chi connectivity index (χ1) is 11.9. The summed E-state index contributed by atoms with van der Waals surface area (Å²) >= 11 is 0. The number of piperidine rings is 1. The number of likely N-dealkylation sites (N-methyl/N-ethyl adjacent to an activating group) is 1. The molecule has 0 bridgehead atoms. The fraction of sp³-hybridized carbons (Fsp3) is 0.500. The van der Waals surface area contributed by atoms with Crippen molar-refractivity contribution < 1.29 is 13.2 Å². The summed E-state index contributed by atoms with van der Waals surface area (Å²) in [6.45, 7) is 2.30. The van der Waals surface area contributed by atoms with Crippen LogP contribution >= 0.6 is 0 Å². The molecule has 0 spiro atoms. The lowest BCUT2D eigenvalue weighted by atomic mass is 10.0. The van der Waals surface area contributed by atoms with Crippen LogP contribution in [0, 0.1) is 0 Å². The predicted molar refractivity (Wildman–Crippen MR) is 85.8 cm³/mol. The lowest BCUT2D eigenvalue weighted by molar-refractivity contribution is -0.141. The zero-order chi connectivity index (χ0) is 17.9. The monoisotopic (exact) mass is 352 g/mol. The predicted octanol–water partition coefficient (Wildman–Crippen LogP) is 2.39. The highest BCUT2D eigenvalue weighted by Crippen LogP contribution is 2.28. The van der Waals surface area contributed by atoms with Crippen LogP contribution in [0.3, 0.4) is 0 Å². The second kappa shape index (κ2) is 7.30. The number of alkyl halides is 3. The minimum Gasteiger partial charge on any atom is -0.340 e. The van der Waals surface area contributed by atoms with Crippen LogP contribution in [0.4, 0.5) is 19.1 Å². The van der Waals surface area contributed by atoms with Crippen molar-refractivity contribution >= 4 is 5.95 Å². The van der Waals surface area contributed by atoms with Gasteiger partial charge in [-0.1, -0.05) is 0 Å². The lowest BCUT2D eigenvalue weighted by Crippen LogP contribution is -2.47. The zero-order valence-corrected chi connectivity index (χ0v) is 13.8. The molecule has 0 radical (unpaired) electrons. The van der Waals surface area contributed by atoms with Crippen LogP contribution in [-0.4, -0.2) is 51.0 Å². The molecule has 25 heavy (non-hydrogen) atoms. The topological polar surface area (TPSA) is 58.0 Å². The first-order valence-corrected chi connectivity index (χ1v) is 8.04. The van der Waals surface area contributed by atoms with Crippen molar-refractivity contribution in [2.45, 2.75) is 31.6 Å². The Labute approximate surface area is 143 Å². The SMILES string of the molecule is CN(c1nccc(C(F)(F)F)n1)C1CCCN(Cc2cnccn2)C1. The van der Waals surface area contributed by atoms with Crippen LogP contribution in [0.25, 0.3) is 0 Å². The van der Waals surface area contributed by atoms with E-state index in [0.29, 0.717) is 13.1 Å². The molecule has 0 amide bonds. The van der Waals surface area contributed by atoms with Gasteiger partial charge in [0.2, 0.25) is 5.95 Å². The summed E-state index contributed by atoms with van der Waals surface area (Å²) in [7, 11) is 1.74. The van der Waals surface area contributed by atoms with E-state index in [4.69, 9.17) is 0 Å². The van der Waals surface area contributed by atoms with Crippen molar-refractivity contribution in [3.8, 4) is 0 Å². The minimum atomic E-state index is -4.47. The van der Waals surface area contributed by atoms with Crippen LogP contribution in [0.2, 0.25) is 0 Å². The Bertz CT molecular complexity index is 694. The molecule has 0 aromatic carbocycles. The maximum absolute atomic E-state index is 12.8. The summed E-state index contributed by atoms with van der Waals surface area (Å²) in [5.74, 6) is 0.0983. The molecule has 2 aromatic heterocycles. The molecule has 3 rings (SSSR count). The van der Waals surface area contributed by atoms with Gasteiger partial charge in [0.1, 0.15) is 5.69 Å². The highest BCUT2D eigenvalue weighted by molar-refractivity contribution is 5.31. The van der Waals surface area contributed by atoms with E-state index < -0.39 is 11.9 Å². The summed E-state index contributed by atoms with van der Waals surface area (Å²) in [6.07, 6.45) is 3.52. The average molecular weight is 352 g/mol. The van der Waals surface area contributed by atoms with Crippen molar-refractivity contribution in [1.82, 2.24) is 24.8 Å². The third kappa shape index (κ3) is 4.41. The van der Waals surface area contributed by atoms with Crippen LogP contribution in [0.15, 0.2) is 30.9 Å². The Morgan fingerprint density at radius 2 is 2.08 bits per heavy atom. The molecule has 1 fully saturated rings. The smallest absolute Gasteiger partial charge is 0.340 e. The summed E-state index contributed by atoms with van der Waals surface area (Å²) in [6, 6.07) is 0.937. The van der Waals surface area contributed by atoms with E-state index in [9.17, 15) is 13.2 Å². The lowest BCUT2D eigenvalue weighted by Gasteiger charge is -2.37. The quantitative estimate of drug-likeness (QED) is 0.842. The van der Waals surface area contributed by atoms with Gasteiger partial charge in [0.25, 0.3) is 0 Å². The third-order valence-electron chi connectivity index (χ3n) is 4.28. The van der Waals surface area contributed by atoms with E-state index in [0.717, 1.165) is 37.3 Å². The van der Waals surface area contributed by atoms with Gasteiger partial charge in [0, 0.05) is 51.0 Å². The van der Waals surface area contributed by atoms with Crippen molar-refractivity contribution in [2.75, 3.05) is 25.0 Å². The number of halogens is 3. The normalized spacial score (nSPS) is 19.0. The summed E-state index contributed by atoms with van der Waals surface area (Å²) < 4.78 is 38.5. The van der Waals surface area contributed by atoms with E-state index in [-0.39, 0.29) is 12.0 Å². The molecular formula is C16H19F3N6. The number of hydrogen-bond acceptors (Lipinski definition) is 6. The highest BCUT2D eigenvalue weighted by atomic mass is 19.4. The van der Waals surface area contributed by atoms with Gasteiger partial charge in [-0.2, -0.15) is 13.2 Å². The van der Waals surface area contributed by atoms with Gasteiger partial charge in [-0.15, -0.1) is 0 Å². The molecule has 9 heteroatoms. The van der Waals surface area contributed by atoms with Crippen molar-refractivity contribution in [3.63, 3.8) is 0 Å². The Morgan fingerprint density at radius 1 is 1.24 bits per heavy atom. The van der Waals surface area contributed by atoms with E-state index in [1.54, 1.807) is 30.5 Å². The highest BCUT2D eigenvalue weighted by Gasteiger charge is 2.34. The van der Waals surface area contributed by atoms with Crippen LogP contribution < -0.4 is 4.90 Å². The van der Waals surface area contributed by atoms with Gasteiger partial charge in [0.05, 0.1) is 5.69 Å². The van der Waals surface area contributed by atoms with Crippen LogP contribution in [0.1, 0.15) is 24.2 Å². The van der Waals surface area contributed by atoms with Crippen LogP contribution in [-0.2, 0) is 12.7 Å². The molecule has 2 aromatic rings. The maximum atomic E-state index is 12.8. The molecule has 6 nitrogen and oxygen atoms in total. The Kier molecular flexibility index (Phi) is 5.12. The van der Waals surface area contributed by atoms with E-state index >= 15 is 0 Å². The van der Waals surface area contributed by atoms with Gasteiger partial charge < -0.3 is 4.90 Å². The van der Waals surface area contributed by atoms with Crippen LogP contribution in [0.5, 0.6) is 0 Å². The van der Waals surface area contributed by atoms with Gasteiger partial charge >= 0.3 is 6.18 Å². The molecule has 1 atom stereocenters. The Morgan fingerprint density at radius 3 is 2.80 bits per heavy atom. The number of likely N-dealkylation sites (tertiary alicyclic amines) is 1. The number of aromatic nitrogens is 4. The number of anilines is 1. The molecule has 1 aliphatic rings. The van der Waals surface area contributed by atoms with Gasteiger partial charge in [-0.25, -0.2) is 9.97 Å². The number of nitrogens with zero attached hydrogens (tertiary/aromatic N) is 6. The van der Waals surface area contributed by atoms with E-state index in [1.807, 2.05) is 0 Å². The van der Waals surface area contributed by atoms with E-state index in [1.165, 1.54) is 0 Å². The standard InChI is InChI=1S/C16H19F3N6/c1-24(15-22-5-4-14(23-15)16(17,18)19)13-3-2-8-25(11-13)10-12-9-20-6-7-21-12/h4-7,9,13H,2-3,8,10-11H2,1H3. The second-order valence-electron chi connectivity index (χ2n) is 6.08. The molecule has 1 unspecified atom stereocenters. The zero-order valence-electron chi connectivity index (χ0n) is 13.8. The fourth-order valence-corrected chi connectivity index (χ4v) is 2.97. The first-order valence-electron chi connectivity index (χ1n) is 8.04. The van der Waals surface area contributed by atoms with E-state index in [2.05, 4.69) is 24.8 Å².